The van der Waals surface area contributed by atoms with Crippen molar-refractivity contribution in [2.75, 3.05) is 0 Å². The summed E-state index contributed by atoms with van der Waals surface area (Å²) in [6.45, 7) is 0. The van der Waals surface area contributed by atoms with Crippen molar-refractivity contribution >= 4 is 16.1 Å². The van der Waals surface area contributed by atoms with Crippen molar-refractivity contribution < 1.29 is 17.9 Å². The molecule has 0 N–H and O–H groups in total. The van der Waals surface area contributed by atoms with Crippen LogP contribution < -0.4 is 4.74 Å². The van der Waals surface area contributed by atoms with Crippen LogP contribution in [0.4, 0.5) is 0 Å². The highest BCUT2D eigenvalue weighted by atomic mass is 32.2. The van der Waals surface area contributed by atoms with Crippen molar-refractivity contribution in [2.24, 2.45) is 4.40 Å². The van der Waals surface area contributed by atoms with Gasteiger partial charge in [-0.25, -0.2) is 4.79 Å². The topological polar surface area (TPSA) is 96.6 Å². The normalized spacial score (nSPS) is 9.80. The summed E-state index contributed by atoms with van der Waals surface area (Å²) < 4.78 is 29.4. The van der Waals surface area contributed by atoms with Crippen LogP contribution in [0.5, 0.6) is 5.75 Å². The van der Waals surface area contributed by atoms with E-state index in [1.807, 2.05) is 0 Å². The number of ether oxygens (including phenoxy) is 1. The summed E-state index contributed by atoms with van der Waals surface area (Å²) in [5, 5.41) is 8.17. The second-order valence-electron chi connectivity index (χ2n) is 2.32. The van der Waals surface area contributed by atoms with E-state index in [1.165, 1.54) is 30.5 Å². The minimum atomic E-state index is -3.98. The molecular formula is C8H4N2O4S. The summed E-state index contributed by atoms with van der Waals surface area (Å²) in [7, 11) is -3.98. The molecule has 0 atom stereocenters. The lowest BCUT2D eigenvalue weighted by Gasteiger charge is -1.97. The Kier molecular flexibility index (Phi) is 3.18. The summed E-state index contributed by atoms with van der Waals surface area (Å²) in [5.41, 5.74) is 0. The zero-order valence-electron chi connectivity index (χ0n) is 7.25. The van der Waals surface area contributed by atoms with Gasteiger partial charge in [-0.3, -0.25) is 0 Å². The summed E-state index contributed by atoms with van der Waals surface area (Å²) >= 11 is 0. The van der Waals surface area contributed by atoms with Crippen molar-refractivity contribution in [1.29, 1.82) is 5.26 Å². The molecule has 1 aromatic carbocycles. The SMILES string of the molecule is N#COc1ccc(S(=O)(=O)N=C=O)cc1. The van der Waals surface area contributed by atoms with Gasteiger partial charge in [-0.15, -0.1) is 5.26 Å². The van der Waals surface area contributed by atoms with Crippen LogP contribution in [0.15, 0.2) is 33.6 Å². The average molecular weight is 224 g/mol. The Morgan fingerprint density at radius 1 is 1.27 bits per heavy atom. The van der Waals surface area contributed by atoms with Crippen LogP contribution in [0.3, 0.4) is 0 Å². The number of nitriles is 1. The Labute approximate surface area is 85.5 Å². The van der Waals surface area contributed by atoms with Gasteiger partial charge in [-0.05, 0) is 24.3 Å². The van der Waals surface area contributed by atoms with Crippen molar-refractivity contribution in [1.82, 2.24) is 0 Å². The molecular weight excluding hydrogens is 220 g/mol. The first-order chi connectivity index (χ1) is 7.10. The van der Waals surface area contributed by atoms with Crippen LogP contribution in [0.25, 0.3) is 0 Å². The van der Waals surface area contributed by atoms with E-state index in [-0.39, 0.29) is 10.6 Å². The lowest BCUT2D eigenvalue weighted by atomic mass is 10.3. The maximum absolute atomic E-state index is 11.2. The highest BCUT2D eigenvalue weighted by molar-refractivity contribution is 7.90. The molecule has 0 saturated carbocycles. The van der Waals surface area contributed by atoms with Crippen molar-refractivity contribution in [3.63, 3.8) is 0 Å². The number of hydrogen-bond donors (Lipinski definition) is 0. The number of hydrogen-bond acceptors (Lipinski definition) is 5. The molecule has 0 aliphatic heterocycles. The summed E-state index contributed by atoms with van der Waals surface area (Å²) in [4.78, 5) is 9.65. The molecule has 0 fully saturated rings. The van der Waals surface area contributed by atoms with E-state index >= 15 is 0 Å². The predicted molar refractivity (Wildman–Crippen MR) is 48.0 cm³/mol. The van der Waals surface area contributed by atoms with E-state index in [4.69, 9.17) is 5.26 Å². The maximum Gasteiger partial charge on any atom is 0.292 e. The Bertz CT molecular complexity index is 535. The van der Waals surface area contributed by atoms with Gasteiger partial charge in [0.25, 0.3) is 22.4 Å². The molecule has 15 heavy (non-hydrogen) atoms. The van der Waals surface area contributed by atoms with E-state index in [1.54, 1.807) is 0 Å². The molecule has 0 aliphatic rings. The monoisotopic (exact) mass is 224 g/mol. The smallest absolute Gasteiger partial charge is 0.292 e. The third-order valence-corrected chi connectivity index (χ3v) is 2.63. The lowest BCUT2D eigenvalue weighted by molar-refractivity contribution is 0.506. The molecule has 7 heteroatoms. The lowest BCUT2D eigenvalue weighted by Crippen LogP contribution is -1.95. The number of isocyanates is 1. The fourth-order valence-electron chi connectivity index (χ4n) is 0.834. The van der Waals surface area contributed by atoms with Gasteiger partial charge in [0, 0.05) is 0 Å². The third-order valence-electron chi connectivity index (χ3n) is 1.44. The molecule has 1 aromatic rings. The molecule has 0 bridgehead atoms. The molecule has 0 aliphatic carbocycles. The maximum atomic E-state index is 11.2. The van der Waals surface area contributed by atoms with Gasteiger partial charge in [-0.2, -0.15) is 8.42 Å². The predicted octanol–water partition coefficient (Wildman–Crippen LogP) is 0.571. The first kappa shape index (κ1) is 10.9. The molecule has 0 spiro atoms. The molecule has 0 unspecified atom stereocenters. The van der Waals surface area contributed by atoms with Crippen molar-refractivity contribution in [3.05, 3.63) is 24.3 Å². The molecule has 0 amide bonds. The first-order valence-electron chi connectivity index (χ1n) is 3.60. The summed E-state index contributed by atoms with van der Waals surface area (Å²) in [6, 6.07) is 4.89. The van der Waals surface area contributed by atoms with Crippen molar-refractivity contribution in [3.8, 4) is 12.0 Å². The van der Waals surface area contributed by atoms with Crippen LogP contribution in [0, 0.1) is 11.5 Å². The standard InChI is InChI=1S/C8H4N2O4S/c9-5-14-7-1-3-8(4-2-7)15(12,13)10-6-11/h1-4H. The van der Waals surface area contributed by atoms with E-state index in [0.717, 1.165) is 6.08 Å². The zero-order valence-corrected chi connectivity index (χ0v) is 8.06. The van der Waals surface area contributed by atoms with Gasteiger partial charge in [0.05, 0.1) is 4.90 Å². The molecule has 76 valence electrons. The second kappa shape index (κ2) is 4.37. The van der Waals surface area contributed by atoms with E-state index < -0.39 is 10.0 Å². The highest BCUT2D eigenvalue weighted by Crippen LogP contribution is 2.16. The minimum Gasteiger partial charge on any atom is -0.388 e. The largest absolute Gasteiger partial charge is 0.388 e. The summed E-state index contributed by atoms with van der Waals surface area (Å²) in [6.07, 6.45) is 2.38. The molecule has 6 nitrogen and oxygen atoms in total. The fraction of sp³-hybridized carbons (Fsp3) is 0. The van der Waals surface area contributed by atoms with Crippen LogP contribution in [0.1, 0.15) is 0 Å². The van der Waals surface area contributed by atoms with Crippen LogP contribution >= 0.6 is 0 Å². The molecule has 0 radical (unpaired) electrons. The Morgan fingerprint density at radius 2 is 1.87 bits per heavy atom. The molecule has 0 aromatic heterocycles. The van der Waals surface area contributed by atoms with E-state index in [0.29, 0.717) is 0 Å². The van der Waals surface area contributed by atoms with Gasteiger partial charge in [0.1, 0.15) is 5.75 Å². The van der Waals surface area contributed by atoms with Gasteiger partial charge >= 0.3 is 0 Å². The quantitative estimate of drug-likeness (QED) is 0.424. The van der Waals surface area contributed by atoms with Crippen LogP contribution in [0.2, 0.25) is 0 Å². The number of nitrogens with zero attached hydrogens (tertiary/aromatic N) is 2. The fourth-order valence-corrected chi connectivity index (χ4v) is 1.52. The molecule has 0 saturated heterocycles. The van der Waals surface area contributed by atoms with Gasteiger partial charge in [0.15, 0.2) is 0 Å². The van der Waals surface area contributed by atoms with E-state index in [9.17, 15) is 13.2 Å². The first-order valence-corrected chi connectivity index (χ1v) is 5.04. The number of sulfonamides is 1. The number of carbonyl (C=O) groups excluding carboxylic acids is 1. The van der Waals surface area contributed by atoms with Gasteiger partial charge in [0.2, 0.25) is 0 Å². The molecule has 0 heterocycles. The Morgan fingerprint density at radius 3 is 2.33 bits per heavy atom. The van der Waals surface area contributed by atoms with Crippen LogP contribution in [-0.4, -0.2) is 14.5 Å². The number of benzene rings is 1. The van der Waals surface area contributed by atoms with Crippen molar-refractivity contribution in [2.45, 2.75) is 4.90 Å². The van der Waals surface area contributed by atoms with E-state index in [2.05, 4.69) is 9.13 Å². The Hall–Kier alpha value is -2.16. The second-order valence-corrected chi connectivity index (χ2v) is 3.93. The highest BCUT2D eigenvalue weighted by Gasteiger charge is 2.11. The summed E-state index contributed by atoms with van der Waals surface area (Å²) in [5.74, 6) is 0.200. The van der Waals surface area contributed by atoms with Crippen LogP contribution in [-0.2, 0) is 14.8 Å². The van der Waals surface area contributed by atoms with Gasteiger partial charge < -0.3 is 4.74 Å². The zero-order chi connectivity index (χ0) is 11.3. The minimum absolute atomic E-state index is 0.170. The third kappa shape index (κ3) is 2.64. The number of rotatable bonds is 3. The average Bonchev–Trinajstić information content (AvgIpc) is 2.19. The Balaban J connectivity index is 3.10. The van der Waals surface area contributed by atoms with Gasteiger partial charge in [-0.1, -0.05) is 4.40 Å². The molecule has 1 rings (SSSR count).